The van der Waals surface area contributed by atoms with Crippen LogP contribution in [0.25, 0.3) is 72.2 Å². The van der Waals surface area contributed by atoms with Gasteiger partial charge in [-0.15, -0.1) is 0 Å². The quantitative estimate of drug-likeness (QED) is 0.196. The zero-order valence-electron chi connectivity index (χ0n) is 25.8. The molecule has 1 spiro atoms. The zero-order valence-corrected chi connectivity index (χ0v) is 25.8. The standard InChI is InChI=1S/C45H25N3/c1-2-13-28(14-3-1)42-34-18-6-10-23-39(34)46-44(47-42)29-25-26-41-38(27-29)45(35-20-8-4-15-30(35)31-16-5-9-21-36(31)45)37-22-12-19-33-32-17-7-11-24-40(32)48(41)43(33)37/h1-11,13-18,20-27H. The number of aromatic nitrogens is 3. The molecule has 7 aromatic carbocycles. The minimum atomic E-state index is -0.564. The lowest BCUT2D eigenvalue weighted by Crippen LogP contribution is -2.33. The summed E-state index contributed by atoms with van der Waals surface area (Å²) in [6.45, 7) is 0. The van der Waals surface area contributed by atoms with Crippen molar-refractivity contribution in [2.75, 3.05) is 0 Å². The van der Waals surface area contributed by atoms with E-state index in [0.29, 0.717) is 5.82 Å². The van der Waals surface area contributed by atoms with E-state index in [2.05, 4.69) is 162 Å². The van der Waals surface area contributed by atoms with Gasteiger partial charge in [0.25, 0.3) is 0 Å². The third-order valence-corrected chi connectivity index (χ3v) is 10.4. The van der Waals surface area contributed by atoms with Crippen LogP contribution in [0.2, 0.25) is 0 Å². The van der Waals surface area contributed by atoms with Gasteiger partial charge in [-0.25, -0.2) is 9.97 Å². The molecule has 3 nitrogen and oxygen atoms in total. The molecule has 0 fully saturated rings. The number of fused-ring (bicyclic) bond motifs is 13. The van der Waals surface area contributed by atoms with Gasteiger partial charge in [0, 0.05) is 27.5 Å². The summed E-state index contributed by atoms with van der Waals surface area (Å²) in [5.74, 6) is 0.714. The van der Waals surface area contributed by atoms with Crippen molar-refractivity contribution in [3.05, 3.63) is 186 Å². The summed E-state index contributed by atoms with van der Waals surface area (Å²) in [5.41, 5.74) is 14.4. The average Bonchev–Trinajstić information content (AvgIpc) is 3.65. The molecule has 1 aliphatic heterocycles. The van der Waals surface area contributed by atoms with Crippen molar-refractivity contribution in [3.8, 4) is 39.5 Å². The molecule has 3 heteroatoms. The monoisotopic (exact) mass is 607 g/mol. The van der Waals surface area contributed by atoms with Gasteiger partial charge in [0.1, 0.15) is 0 Å². The lowest BCUT2D eigenvalue weighted by atomic mass is 9.65. The van der Waals surface area contributed by atoms with Gasteiger partial charge >= 0.3 is 0 Å². The van der Waals surface area contributed by atoms with Crippen LogP contribution in [0.4, 0.5) is 0 Å². The summed E-state index contributed by atoms with van der Waals surface area (Å²) >= 11 is 0. The van der Waals surface area contributed by atoms with Gasteiger partial charge in [0.05, 0.1) is 38.7 Å². The normalized spacial score (nSPS) is 13.4. The molecule has 48 heavy (non-hydrogen) atoms. The number of nitrogens with zero attached hydrogens (tertiary/aromatic N) is 3. The molecule has 9 aromatic rings. The molecule has 3 heterocycles. The Labute approximate surface area is 277 Å². The highest BCUT2D eigenvalue weighted by Gasteiger charge is 2.51. The average molecular weight is 608 g/mol. The predicted octanol–water partition coefficient (Wildman–Crippen LogP) is 10.3. The molecule has 1 aliphatic carbocycles. The Bertz CT molecular complexity index is 2740. The van der Waals surface area contributed by atoms with Crippen LogP contribution in [0.1, 0.15) is 22.3 Å². The summed E-state index contributed by atoms with van der Waals surface area (Å²) in [5, 5.41) is 3.33. The fraction of sp³-hybridized carbons (Fsp3) is 0.0222. The van der Waals surface area contributed by atoms with Crippen LogP contribution in [0.5, 0.6) is 0 Å². The maximum Gasteiger partial charge on any atom is 0.160 e. The molecule has 11 rings (SSSR count). The van der Waals surface area contributed by atoms with Crippen LogP contribution in [-0.2, 0) is 5.41 Å². The largest absolute Gasteiger partial charge is 0.308 e. The topological polar surface area (TPSA) is 30.7 Å². The van der Waals surface area contributed by atoms with E-state index < -0.39 is 5.41 Å². The van der Waals surface area contributed by atoms with E-state index in [1.807, 2.05) is 6.07 Å². The fourth-order valence-electron chi connectivity index (χ4n) is 8.56. The van der Waals surface area contributed by atoms with Crippen molar-refractivity contribution in [1.82, 2.24) is 14.5 Å². The molecule has 0 atom stereocenters. The van der Waals surface area contributed by atoms with Gasteiger partial charge in [0.2, 0.25) is 0 Å². The summed E-state index contributed by atoms with van der Waals surface area (Å²) in [4.78, 5) is 10.5. The molecule has 0 saturated heterocycles. The second-order valence-electron chi connectivity index (χ2n) is 12.8. The molecule has 0 saturated carbocycles. The number of hydrogen-bond donors (Lipinski definition) is 0. The Hall–Kier alpha value is -6.50. The van der Waals surface area contributed by atoms with Gasteiger partial charge in [-0.1, -0.05) is 127 Å². The zero-order chi connectivity index (χ0) is 31.4. The van der Waals surface area contributed by atoms with Crippen molar-refractivity contribution in [1.29, 1.82) is 0 Å². The highest BCUT2D eigenvalue weighted by Crippen LogP contribution is 2.61. The smallest absolute Gasteiger partial charge is 0.160 e. The summed E-state index contributed by atoms with van der Waals surface area (Å²) in [6, 6.07) is 61.2. The highest BCUT2D eigenvalue weighted by atomic mass is 15.0. The van der Waals surface area contributed by atoms with E-state index in [1.165, 1.54) is 49.8 Å². The molecule has 2 aromatic heterocycles. The van der Waals surface area contributed by atoms with E-state index in [-0.39, 0.29) is 0 Å². The van der Waals surface area contributed by atoms with Gasteiger partial charge in [-0.3, -0.25) is 0 Å². The van der Waals surface area contributed by atoms with Crippen molar-refractivity contribution in [3.63, 3.8) is 0 Å². The van der Waals surface area contributed by atoms with Crippen molar-refractivity contribution in [2.45, 2.75) is 5.41 Å². The van der Waals surface area contributed by atoms with Crippen LogP contribution in [0, 0.1) is 12.1 Å². The van der Waals surface area contributed by atoms with Crippen LogP contribution < -0.4 is 0 Å². The molecule has 0 radical (unpaired) electrons. The van der Waals surface area contributed by atoms with Crippen LogP contribution >= 0.6 is 0 Å². The minimum absolute atomic E-state index is 0.564. The second kappa shape index (κ2) is 9.28. The summed E-state index contributed by atoms with van der Waals surface area (Å²) in [7, 11) is 0. The number of rotatable bonds is 2. The van der Waals surface area contributed by atoms with E-state index in [1.54, 1.807) is 0 Å². The molecule has 0 amide bonds. The Morgan fingerprint density at radius 3 is 2.04 bits per heavy atom. The first-order chi connectivity index (χ1) is 23.8. The van der Waals surface area contributed by atoms with Crippen LogP contribution in [0.3, 0.4) is 0 Å². The van der Waals surface area contributed by atoms with E-state index in [0.717, 1.165) is 38.8 Å². The Morgan fingerprint density at radius 2 is 1.23 bits per heavy atom. The molecule has 0 unspecified atom stereocenters. The number of hydrogen-bond acceptors (Lipinski definition) is 2. The highest BCUT2D eigenvalue weighted by molar-refractivity contribution is 6.12. The number of para-hydroxylation sites is 2. The molecular formula is C45H25N3. The van der Waals surface area contributed by atoms with Crippen LogP contribution in [-0.4, -0.2) is 14.5 Å². The molecule has 0 N–H and O–H groups in total. The van der Waals surface area contributed by atoms with Gasteiger partial charge in [-0.05, 0) is 64.2 Å². The predicted molar refractivity (Wildman–Crippen MR) is 193 cm³/mol. The Morgan fingerprint density at radius 1 is 0.542 bits per heavy atom. The van der Waals surface area contributed by atoms with E-state index in [9.17, 15) is 0 Å². The van der Waals surface area contributed by atoms with E-state index >= 15 is 0 Å². The molecule has 2 aliphatic rings. The Kier molecular flexibility index (Phi) is 4.96. The third kappa shape index (κ3) is 3.14. The third-order valence-electron chi connectivity index (χ3n) is 10.4. The first-order valence-electron chi connectivity index (χ1n) is 16.4. The Balaban J connectivity index is 1.29. The van der Waals surface area contributed by atoms with E-state index in [4.69, 9.17) is 9.97 Å². The maximum absolute atomic E-state index is 5.29. The lowest BCUT2D eigenvalue weighted by Gasteiger charge is -2.39. The van der Waals surface area contributed by atoms with Crippen molar-refractivity contribution < 1.29 is 0 Å². The molecule has 220 valence electrons. The minimum Gasteiger partial charge on any atom is -0.308 e. The molecular weight excluding hydrogens is 583 g/mol. The lowest BCUT2D eigenvalue weighted by molar-refractivity contribution is 0.749. The second-order valence-corrected chi connectivity index (χ2v) is 12.8. The van der Waals surface area contributed by atoms with Crippen LogP contribution in [0.15, 0.2) is 152 Å². The van der Waals surface area contributed by atoms with Gasteiger partial charge in [0.15, 0.2) is 5.82 Å². The SMILES string of the molecule is c1cc2c3c(c#1)c1ccccc1n3-c1ccc(-c3nc(-c4ccccc4)c4ccccc4n3)cc1C21c2ccccc2-c2ccccc21. The van der Waals surface area contributed by atoms with Crippen molar-refractivity contribution in [2.24, 2.45) is 0 Å². The molecule has 0 bridgehead atoms. The maximum atomic E-state index is 5.29. The summed E-state index contributed by atoms with van der Waals surface area (Å²) < 4.78 is 2.44. The van der Waals surface area contributed by atoms with Gasteiger partial charge < -0.3 is 4.57 Å². The first-order valence-corrected chi connectivity index (χ1v) is 16.4. The number of benzene rings is 6. The fourth-order valence-corrected chi connectivity index (χ4v) is 8.56. The van der Waals surface area contributed by atoms with Crippen molar-refractivity contribution >= 4 is 32.7 Å². The first kappa shape index (κ1) is 25.7. The van der Waals surface area contributed by atoms with Gasteiger partial charge in [-0.2, -0.15) is 0 Å². The summed E-state index contributed by atoms with van der Waals surface area (Å²) in [6.07, 6.45) is 0.